The molecule has 1 aliphatic heterocycles. The second-order valence-electron chi connectivity index (χ2n) is 7.89. The molecule has 2 saturated carbocycles. The van der Waals surface area contributed by atoms with Gasteiger partial charge in [0.05, 0.1) is 10.1 Å². The van der Waals surface area contributed by atoms with E-state index in [4.69, 9.17) is 0 Å². The summed E-state index contributed by atoms with van der Waals surface area (Å²) < 4.78 is 27.0. The van der Waals surface area contributed by atoms with Crippen LogP contribution >= 0.6 is 0 Å². The van der Waals surface area contributed by atoms with Crippen LogP contribution in [0.1, 0.15) is 39.0 Å². The second-order valence-corrected chi connectivity index (χ2v) is 9.96. The standard InChI is InChI=1S/C19H25NO3S/c1-13-10-14-11-15(21)12-19(17(14)8-5-9-20-19)18(13)24(22,23)16-6-3-2-4-7-16/h2-4,6-7,13-14,17-18,20H,5,8-12H2,1H3/t13?,14?,17?,18-,19-/m0/s1. The summed E-state index contributed by atoms with van der Waals surface area (Å²) >= 11 is 0. The number of ketones is 1. The van der Waals surface area contributed by atoms with Crippen LogP contribution in [-0.4, -0.2) is 31.5 Å². The van der Waals surface area contributed by atoms with Crippen LogP contribution in [0.5, 0.6) is 0 Å². The van der Waals surface area contributed by atoms with Gasteiger partial charge in [-0.3, -0.25) is 4.79 Å². The fraction of sp³-hybridized carbons (Fsp3) is 0.632. The summed E-state index contributed by atoms with van der Waals surface area (Å²) in [6.07, 6.45) is 3.96. The summed E-state index contributed by atoms with van der Waals surface area (Å²) in [6, 6.07) is 8.77. The molecular formula is C19H25NO3S. The molecule has 2 bridgehead atoms. The molecule has 4 nitrogen and oxygen atoms in total. The van der Waals surface area contributed by atoms with Gasteiger partial charge in [0.1, 0.15) is 5.78 Å². The summed E-state index contributed by atoms with van der Waals surface area (Å²) in [5, 5.41) is 3.04. The van der Waals surface area contributed by atoms with Crippen molar-refractivity contribution in [2.24, 2.45) is 17.8 Å². The minimum Gasteiger partial charge on any atom is -0.309 e. The normalized spacial score (nSPS) is 39.3. The first kappa shape index (κ1) is 16.3. The van der Waals surface area contributed by atoms with Crippen molar-refractivity contribution < 1.29 is 13.2 Å². The van der Waals surface area contributed by atoms with Crippen LogP contribution in [0.15, 0.2) is 35.2 Å². The van der Waals surface area contributed by atoms with Gasteiger partial charge in [-0.1, -0.05) is 25.1 Å². The molecule has 2 aliphatic carbocycles. The molecule has 0 amide bonds. The number of sulfone groups is 1. The monoisotopic (exact) mass is 347 g/mol. The molecule has 130 valence electrons. The molecule has 0 aromatic heterocycles. The molecule has 24 heavy (non-hydrogen) atoms. The molecule has 3 unspecified atom stereocenters. The average Bonchev–Trinajstić information content (AvgIpc) is 2.54. The molecule has 5 heteroatoms. The predicted octanol–water partition coefficient (Wildman–Crippen LogP) is 2.59. The predicted molar refractivity (Wildman–Crippen MR) is 92.4 cm³/mol. The number of carbonyl (C=O) groups is 1. The quantitative estimate of drug-likeness (QED) is 0.893. The van der Waals surface area contributed by atoms with Gasteiger partial charge in [0.25, 0.3) is 0 Å². The van der Waals surface area contributed by atoms with Gasteiger partial charge in [-0.25, -0.2) is 8.42 Å². The van der Waals surface area contributed by atoms with Crippen LogP contribution < -0.4 is 5.32 Å². The molecule has 1 aromatic carbocycles. The molecule has 1 saturated heterocycles. The van der Waals surface area contributed by atoms with E-state index in [9.17, 15) is 13.2 Å². The van der Waals surface area contributed by atoms with Gasteiger partial charge in [0, 0.05) is 18.4 Å². The smallest absolute Gasteiger partial charge is 0.183 e. The van der Waals surface area contributed by atoms with Crippen molar-refractivity contribution in [3.63, 3.8) is 0 Å². The van der Waals surface area contributed by atoms with Crippen LogP contribution in [0.3, 0.4) is 0 Å². The Labute approximate surface area is 143 Å². The maximum absolute atomic E-state index is 13.5. The maximum atomic E-state index is 13.5. The molecular weight excluding hydrogens is 322 g/mol. The summed E-state index contributed by atoms with van der Waals surface area (Å²) in [5.74, 6) is 0.945. The van der Waals surface area contributed by atoms with E-state index >= 15 is 0 Å². The number of hydrogen-bond donors (Lipinski definition) is 1. The van der Waals surface area contributed by atoms with Crippen LogP contribution in [0.4, 0.5) is 0 Å². The molecule has 1 heterocycles. The number of piperidine rings is 1. The molecule has 3 aliphatic rings. The highest BCUT2D eigenvalue weighted by molar-refractivity contribution is 7.92. The fourth-order valence-corrected chi connectivity index (χ4v) is 8.27. The van der Waals surface area contributed by atoms with Gasteiger partial charge in [0.15, 0.2) is 9.84 Å². The Morgan fingerprint density at radius 2 is 1.96 bits per heavy atom. The topological polar surface area (TPSA) is 63.2 Å². The van der Waals surface area contributed by atoms with Crippen LogP contribution in [0.2, 0.25) is 0 Å². The Morgan fingerprint density at radius 1 is 1.21 bits per heavy atom. The lowest BCUT2D eigenvalue weighted by Gasteiger charge is -2.59. The largest absolute Gasteiger partial charge is 0.309 e. The zero-order valence-corrected chi connectivity index (χ0v) is 14.9. The zero-order chi connectivity index (χ0) is 16.9. The van der Waals surface area contributed by atoms with E-state index in [2.05, 4.69) is 12.2 Å². The van der Waals surface area contributed by atoms with Crippen molar-refractivity contribution in [1.29, 1.82) is 0 Å². The summed E-state index contributed by atoms with van der Waals surface area (Å²) in [6.45, 7) is 2.87. The van der Waals surface area contributed by atoms with Gasteiger partial charge in [-0.15, -0.1) is 0 Å². The SMILES string of the molecule is CC1CC2CC(=O)C[C@@]3(NCCCC23)[C@H]1S(=O)(=O)c1ccccc1. The third kappa shape index (κ3) is 2.28. The number of Topliss-reactive ketones (excluding diaryl/α,β-unsaturated/α-hetero) is 1. The van der Waals surface area contributed by atoms with Crippen molar-refractivity contribution in [3.8, 4) is 0 Å². The van der Waals surface area contributed by atoms with Gasteiger partial charge < -0.3 is 5.32 Å². The lowest BCUT2D eigenvalue weighted by Crippen LogP contribution is -2.72. The van der Waals surface area contributed by atoms with E-state index in [0.29, 0.717) is 29.6 Å². The van der Waals surface area contributed by atoms with Gasteiger partial charge >= 0.3 is 0 Å². The van der Waals surface area contributed by atoms with Crippen LogP contribution in [0.25, 0.3) is 0 Å². The van der Waals surface area contributed by atoms with Gasteiger partial charge in [-0.05, 0) is 55.7 Å². The molecule has 3 fully saturated rings. The number of nitrogens with one attached hydrogen (secondary N) is 1. The Kier molecular flexibility index (Phi) is 3.84. The van der Waals surface area contributed by atoms with E-state index < -0.39 is 20.6 Å². The first-order valence-electron chi connectivity index (χ1n) is 9.01. The molecule has 1 N–H and O–H groups in total. The molecule has 4 rings (SSSR count). The van der Waals surface area contributed by atoms with Crippen LogP contribution in [0, 0.1) is 17.8 Å². The van der Waals surface area contributed by atoms with E-state index in [1.54, 1.807) is 24.3 Å². The highest BCUT2D eigenvalue weighted by atomic mass is 32.2. The van der Waals surface area contributed by atoms with E-state index in [0.717, 1.165) is 25.8 Å². The molecule has 0 spiro atoms. The van der Waals surface area contributed by atoms with Crippen LogP contribution in [-0.2, 0) is 14.6 Å². The number of rotatable bonds is 2. The lowest BCUT2D eigenvalue weighted by molar-refractivity contribution is -0.131. The summed E-state index contributed by atoms with van der Waals surface area (Å²) in [7, 11) is -3.48. The van der Waals surface area contributed by atoms with Gasteiger partial charge in [-0.2, -0.15) is 0 Å². The minimum atomic E-state index is -3.48. The van der Waals surface area contributed by atoms with Crippen molar-refractivity contribution in [1.82, 2.24) is 5.32 Å². The minimum absolute atomic E-state index is 0.0650. The summed E-state index contributed by atoms with van der Waals surface area (Å²) in [5.41, 5.74) is -0.565. The van der Waals surface area contributed by atoms with E-state index in [1.807, 2.05) is 6.07 Å². The Balaban J connectivity index is 1.85. The molecule has 1 aromatic rings. The molecule has 0 radical (unpaired) electrons. The van der Waals surface area contributed by atoms with E-state index in [1.165, 1.54) is 0 Å². The van der Waals surface area contributed by atoms with Gasteiger partial charge in [0.2, 0.25) is 0 Å². The van der Waals surface area contributed by atoms with Crippen molar-refractivity contribution in [2.75, 3.05) is 6.54 Å². The van der Waals surface area contributed by atoms with E-state index in [-0.39, 0.29) is 11.7 Å². The van der Waals surface area contributed by atoms with Crippen molar-refractivity contribution >= 4 is 15.6 Å². The maximum Gasteiger partial charge on any atom is 0.183 e. The van der Waals surface area contributed by atoms with Crippen molar-refractivity contribution in [3.05, 3.63) is 30.3 Å². The third-order valence-electron chi connectivity index (χ3n) is 6.46. The Morgan fingerprint density at radius 3 is 2.71 bits per heavy atom. The Hall–Kier alpha value is -1.20. The number of carbonyl (C=O) groups excluding carboxylic acids is 1. The number of hydrogen-bond acceptors (Lipinski definition) is 4. The average molecular weight is 347 g/mol. The highest BCUT2D eigenvalue weighted by Crippen LogP contribution is 2.54. The lowest BCUT2D eigenvalue weighted by atomic mass is 9.54. The zero-order valence-electron chi connectivity index (χ0n) is 14.1. The first-order chi connectivity index (χ1) is 11.4. The van der Waals surface area contributed by atoms with Crippen molar-refractivity contribution in [2.45, 2.75) is 54.7 Å². The first-order valence-corrected chi connectivity index (χ1v) is 10.6. The second kappa shape index (κ2) is 5.67. The summed E-state index contributed by atoms with van der Waals surface area (Å²) in [4.78, 5) is 12.8. The Bertz CT molecular complexity index is 745. The fourth-order valence-electron chi connectivity index (χ4n) is 5.82. The molecule has 5 atom stereocenters. The third-order valence-corrected chi connectivity index (χ3v) is 8.94. The highest BCUT2D eigenvalue weighted by Gasteiger charge is 2.62. The number of benzene rings is 1.